The van der Waals surface area contributed by atoms with Crippen molar-refractivity contribution in [3.8, 4) is 0 Å². The molecular weight excluding hydrogens is 230 g/mol. The highest BCUT2D eigenvalue weighted by molar-refractivity contribution is 5.73. The van der Waals surface area contributed by atoms with Gasteiger partial charge in [0, 0.05) is 6.54 Å². The maximum absolute atomic E-state index is 12.0. The third kappa shape index (κ3) is 2.69. The number of likely N-dealkylation sites (tertiary alicyclic amines) is 1. The van der Waals surface area contributed by atoms with Crippen LogP contribution in [-0.4, -0.2) is 49.3 Å². The van der Waals surface area contributed by atoms with Crippen LogP contribution in [0.3, 0.4) is 0 Å². The number of hydrogen-bond acceptors (Lipinski definition) is 4. The highest BCUT2D eigenvalue weighted by Crippen LogP contribution is 2.39. The molecule has 3 aliphatic rings. The standard InChI is InChI=1S/C14H23NO3/c16-14(12-10-11-4-5-13(12)18-11)17-9-8-15-6-2-1-3-7-15/h11-13H,1-10H2. The monoisotopic (exact) mass is 253 g/mol. The first-order valence-electron chi connectivity index (χ1n) is 7.37. The van der Waals surface area contributed by atoms with E-state index in [-0.39, 0.29) is 18.0 Å². The van der Waals surface area contributed by atoms with Gasteiger partial charge in [-0.3, -0.25) is 9.69 Å². The second kappa shape index (κ2) is 5.57. The van der Waals surface area contributed by atoms with Crippen LogP contribution in [0.25, 0.3) is 0 Å². The highest BCUT2D eigenvalue weighted by atomic mass is 16.5. The van der Waals surface area contributed by atoms with Crippen LogP contribution < -0.4 is 0 Å². The molecule has 3 atom stereocenters. The number of carbonyl (C=O) groups is 1. The maximum atomic E-state index is 12.0. The molecule has 3 saturated heterocycles. The predicted molar refractivity (Wildman–Crippen MR) is 67.3 cm³/mol. The molecule has 3 unspecified atom stereocenters. The molecule has 4 heteroatoms. The molecule has 3 heterocycles. The molecule has 0 amide bonds. The zero-order chi connectivity index (χ0) is 12.4. The summed E-state index contributed by atoms with van der Waals surface area (Å²) in [6.07, 6.45) is 7.44. The van der Waals surface area contributed by atoms with Gasteiger partial charge >= 0.3 is 5.97 Å². The van der Waals surface area contributed by atoms with E-state index in [0.29, 0.717) is 12.7 Å². The first-order chi connectivity index (χ1) is 8.83. The highest BCUT2D eigenvalue weighted by Gasteiger charge is 2.45. The van der Waals surface area contributed by atoms with Crippen molar-refractivity contribution in [3.63, 3.8) is 0 Å². The molecule has 0 spiro atoms. The van der Waals surface area contributed by atoms with Gasteiger partial charge in [0.2, 0.25) is 0 Å². The molecule has 0 aromatic heterocycles. The zero-order valence-electron chi connectivity index (χ0n) is 11.0. The summed E-state index contributed by atoms with van der Waals surface area (Å²) in [7, 11) is 0. The number of rotatable bonds is 4. The lowest BCUT2D eigenvalue weighted by Crippen LogP contribution is -2.34. The number of ether oxygens (including phenoxy) is 2. The Bertz CT molecular complexity index is 301. The molecule has 2 bridgehead atoms. The number of esters is 1. The summed E-state index contributed by atoms with van der Waals surface area (Å²) in [5.74, 6) is -0.00989. The minimum absolute atomic E-state index is 0.0186. The summed E-state index contributed by atoms with van der Waals surface area (Å²) >= 11 is 0. The van der Waals surface area contributed by atoms with E-state index in [1.807, 2.05) is 0 Å². The average Bonchev–Trinajstić information content (AvgIpc) is 3.02. The van der Waals surface area contributed by atoms with E-state index >= 15 is 0 Å². The number of hydrogen-bond donors (Lipinski definition) is 0. The minimum atomic E-state index is -0.0285. The quantitative estimate of drug-likeness (QED) is 0.713. The van der Waals surface area contributed by atoms with E-state index in [2.05, 4.69) is 4.90 Å². The van der Waals surface area contributed by atoms with Gasteiger partial charge in [-0.1, -0.05) is 6.42 Å². The fraction of sp³-hybridized carbons (Fsp3) is 0.929. The van der Waals surface area contributed by atoms with E-state index in [4.69, 9.17) is 9.47 Å². The van der Waals surface area contributed by atoms with Gasteiger partial charge in [0.05, 0.1) is 18.1 Å². The van der Waals surface area contributed by atoms with Gasteiger partial charge in [-0.15, -0.1) is 0 Å². The largest absolute Gasteiger partial charge is 0.464 e. The summed E-state index contributed by atoms with van der Waals surface area (Å²) in [6, 6.07) is 0. The van der Waals surface area contributed by atoms with Gasteiger partial charge < -0.3 is 9.47 Å². The van der Waals surface area contributed by atoms with Crippen molar-refractivity contribution in [1.29, 1.82) is 0 Å². The Morgan fingerprint density at radius 2 is 2.06 bits per heavy atom. The normalized spacial score (nSPS) is 35.9. The van der Waals surface area contributed by atoms with Crippen molar-refractivity contribution in [1.82, 2.24) is 4.90 Å². The van der Waals surface area contributed by atoms with Crippen molar-refractivity contribution in [3.05, 3.63) is 0 Å². The molecule has 18 heavy (non-hydrogen) atoms. The molecule has 0 radical (unpaired) electrons. The second-order valence-corrected chi connectivity index (χ2v) is 5.79. The SMILES string of the molecule is O=C(OCCN1CCCCC1)C1CC2CCC1O2. The van der Waals surface area contributed by atoms with Crippen molar-refractivity contribution >= 4 is 5.97 Å². The molecule has 0 aromatic carbocycles. The molecule has 0 aromatic rings. The molecule has 102 valence electrons. The third-order valence-electron chi connectivity index (χ3n) is 4.51. The third-order valence-corrected chi connectivity index (χ3v) is 4.51. The fourth-order valence-corrected chi connectivity index (χ4v) is 3.45. The Labute approximate surface area is 109 Å². The summed E-state index contributed by atoms with van der Waals surface area (Å²) < 4.78 is 11.1. The van der Waals surface area contributed by atoms with E-state index in [1.165, 1.54) is 19.3 Å². The smallest absolute Gasteiger partial charge is 0.311 e. The summed E-state index contributed by atoms with van der Waals surface area (Å²) in [5.41, 5.74) is 0. The zero-order valence-corrected chi connectivity index (χ0v) is 11.0. The van der Waals surface area contributed by atoms with Gasteiger partial charge in [-0.2, -0.15) is 0 Å². The van der Waals surface area contributed by atoms with Crippen molar-refractivity contribution < 1.29 is 14.3 Å². The van der Waals surface area contributed by atoms with E-state index in [0.717, 1.165) is 38.9 Å². The van der Waals surface area contributed by atoms with Crippen LogP contribution in [-0.2, 0) is 14.3 Å². The Kier molecular flexibility index (Phi) is 3.85. The molecule has 0 aliphatic carbocycles. The van der Waals surface area contributed by atoms with Gasteiger partial charge in [0.25, 0.3) is 0 Å². The number of piperidine rings is 1. The van der Waals surface area contributed by atoms with Crippen LogP contribution in [0.1, 0.15) is 38.5 Å². The van der Waals surface area contributed by atoms with Crippen LogP contribution in [0.4, 0.5) is 0 Å². The van der Waals surface area contributed by atoms with Gasteiger partial charge in [0.1, 0.15) is 6.61 Å². The van der Waals surface area contributed by atoms with Crippen molar-refractivity contribution in [2.45, 2.75) is 50.7 Å². The number of carbonyl (C=O) groups excluding carboxylic acids is 1. The number of fused-ring (bicyclic) bond motifs is 2. The van der Waals surface area contributed by atoms with Crippen LogP contribution in [0.2, 0.25) is 0 Å². The predicted octanol–water partition coefficient (Wildman–Crippen LogP) is 1.58. The lowest BCUT2D eigenvalue weighted by molar-refractivity contribution is -0.150. The van der Waals surface area contributed by atoms with E-state index in [1.54, 1.807) is 0 Å². The molecule has 3 rings (SSSR count). The molecule has 3 fully saturated rings. The molecular formula is C14H23NO3. The van der Waals surface area contributed by atoms with Crippen LogP contribution in [0.15, 0.2) is 0 Å². The topological polar surface area (TPSA) is 38.8 Å². The van der Waals surface area contributed by atoms with Crippen LogP contribution >= 0.6 is 0 Å². The molecule has 0 N–H and O–H groups in total. The first-order valence-corrected chi connectivity index (χ1v) is 7.37. The number of nitrogens with zero attached hydrogens (tertiary/aromatic N) is 1. The van der Waals surface area contributed by atoms with Crippen LogP contribution in [0.5, 0.6) is 0 Å². The van der Waals surface area contributed by atoms with Gasteiger partial charge in [0.15, 0.2) is 0 Å². The molecule has 4 nitrogen and oxygen atoms in total. The lowest BCUT2D eigenvalue weighted by Gasteiger charge is -2.26. The Balaban J connectivity index is 1.36. The summed E-state index contributed by atoms with van der Waals surface area (Å²) in [5, 5.41) is 0. The second-order valence-electron chi connectivity index (χ2n) is 5.79. The Morgan fingerprint density at radius 1 is 1.22 bits per heavy atom. The summed E-state index contributed by atoms with van der Waals surface area (Å²) in [4.78, 5) is 14.4. The summed E-state index contributed by atoms with van der Waals surface area (Å²) in [6.45, 7) is 3.77. The van der Waals surface area contributed by atoms with Gasteiger partial charge in [-0.25, -0.2) is 0 Å². The van der Waals surface area contributed by atoms with E-state index in [9.17, 15) is 4.79 Å². The van der Waals surface area contributed by atoms with Crippen LogP contribution in [0, 0.1) is 5.92 Å². The maximum Gasteiger partial charge on any atom is 0.311 e. The Morgan fingerprint density at radius 3 is 2.72 bits per heavy atom. The average molecular weight is 253 g/mol. The molecule has 0 saturated carbocycles. The fourth-order valence-electron chi connectivity index (χ4n) is 3.45. The molecule has 3 aliphatic heterocycles. The minimum Gasteiger partial charge on any atom is -0.464 e. The van der Waals surface area contributed by atoms with Crippen molar-refractivity contribution in [2.75, 3.05) is 26.2 Å². The lowest BCUT2D eigenvalue weighted by atomic mass is 9.89. The van der Waals surface area contributed by atoms with E-state index < -0.39 is 0 Å². The first kappa shape index (κ1) is 12.4. The van der Waals surface area contributed by atoms with Gasteiger partial charge in [-0.05, 0) is 45.2 Å². The van der Waals surface area contributed by atoms with Crippen molar-refractivity contribution in [2.24, 2.45) is 5.92 Å². The Hall–Kier alpha value is -0.610.